The van der Waals surface area contributed by atoms with Crippen molar-refractivity contribution in [1.29, 1.82) is 5.26 Å². The molecule has 7 nitrogen and oxygen atoms in total. The van der Waals surface area contributed by atoms with Gasteiger partial charge in [-0.15, -0.1) is 0 Å². The number of nitrogens with one attached hydrogen (secondary N) is 1. The number of halogens is 1. The number of nitrogens with zero attached hydrogens (tertiary/aromatic N) is 5. The van der Waals surface area contributed by atoms with E-state index in [1.54, 1.807) is 12.3 Å². The molecule has 0 radical (unpaired) electrons. The fourth-order valence-corrected chi connectivity index (χ4v) is 4.17. The minimum absolute atomic E-state index is 0.0273. The first-order chi connectivity index (χ1) is 15.2. The lowest BCUT2D eigenvalue weighted by molar-refractivity contribution is 0.461. The summed E-state index contributed by atoms with van der Waals surface area (Å²) in [6.45, 7) is 2.00. The van der Waals surface area contributed by atoms with Gasteiger partial charge in [0.15, 0.2) is 5.82 Å². The Labute approximate surface area is 177 Å². The molecule has 31 heavy (non-hydrogen) atoms. The van der Waals surface area contributed by atoms with Crippen LogP contribution < -0.4 is 10.2 Å². The van der Waals surface area contributed by atoms with Gasteiger partial charge in [0.1, 0.15) is 29.1 Å². The number of aromatic nitrogens is 3. The Morgan fingerprint density at radius 3 is 2.94 bits per heavy atom. The number of rotatable bonds is 3. The molecule has 1 aliphatic heterocycles. The number of benzene rings is 2. The summed E-state index contributed by atoms with van der Waals surface area (Å²) in [6, 6.07) is 12.8. The van der Waals surface area contributed by atoms with Crippen LogP contribution >= 0.6 is 0 Å². The predicted molar refractivity (Wildman–Crippen MR) is 116 cm³/mol. The summed E-state index contributed by atoms with van der Waals surface area (Å²) in [5, 5.41) is 24.6. The Hall–Kier alpha value is -3.83. The number of piperazine rings is 1. The molecule has 0 aliphatic carbocycles. The maximum atomic E-state index is 15.7. The zero-order valence-corrected chi connectivity index (χ0v) is 16.6. The van der Waals surface area contributed by atoms with Gasteiger partial charge in [0.25, 0.3) is 0 Å². The van der Waals surface area contributed by atoms with Gasteiger partial charge >= 0.3 is 0 Å². The quantitative estimate of drug-likeness (QED) is 0.530. The maximum Gasteiger partial charge on any atom is 0.175 e. The van der Waals surface area contributed by atoms with Gasteiger partial charge in [0.05, 0.1) is 17.9 Å². The van der Waals surface area contributed by atoms with Crippen molar-refractivity contribution in [3.8, 4) is 23.1 Å². The van der Waals surface area contributed by atoms with Crippen molar-refractivity contribution in [3.05, 3.63) is 54.7 Å². The third kappa shape index (κ3) is 3.39. The van der Waals surface area contributed by atoms with Crippen LogP contribution in [0.3, 0.4) is 0 Å². The van der Waals surface area contributed by atoms with Crippen LogP contribution in [-0.4, -0.2) is 45.7 Å². The smallest absolute Gasteiger partial charge is 0.175 e. The normalized spacial score (nSPS) is 16.5. The van der Waals surface area contributed by atoms with Gasteiger partial charge in [-0.3, -0.25) is 4.98 Å². The molecule has 0 amide bonds. The molecule has 154 valence electrons. The highest BCUT2D eigenvalue weighted by Gasteiger charge is 2.24. The lowest BCUT2D eigenvalue weighted by Crippen LogP contribution is -2.50. The number of hydrogen-bond acceptors (Lipinski definition) is 7. The van der Waals surface area contributed by atoms with Gasteiger partial charge in [0.2, 0.25) is 0 Å². The molecule has 1 atom stereocenters. The van der Waals surface area contributed by atoms with Crippen molar-refractivity contribution in [2.24, 2.45) is 0 Å². The largest absolute Gasteiger partial charge is 0.508 e. The summed E-state index contributed by atoms with van der Waals surface area (Å²) in [5.41, 5.74) is 0.816. The summed E-state index contributed by atoms with van der Waals surface area (Å²) in [7, 11) is 0. The minimum Gasteiger partial charge on any atom is -0.508 e. The number of nitriles is 1. The SMILES string of the molecule is N#CC[C@H]1CN(c2ncnc3c(F)c(-c4cc(O)cc5ccccc45)ncc23)CCN1. The molecule has 0 spiro atoms. The summed E-state index contributed by atoms with van der Waals surface area (Å²) >= 11 is 0. The van der Waals surface area contributed by atoms with E-state index in [1.807, 2.05) is 29.2 Å². The molecule has 1 fully saturated rings. The molecule has 1 aliphatic rings. The fourth-order valence-electron chi connectivity index (χ4n) is 4.17. The van der Waals surface area contributed by atoms with Crippen molar-refractivity contribution in [2.75, 3.05) is 24.5 Å². The van der Waals surface area contributed by atoms with E-state index in [9.17, 15) is 5.11 Å². The highest BCUT2D eigenvalue weighted by atomic mass is 19.1. The molecule has 0 unspecified atom stereocenters. The van der Waals surface area contributed by atoms with Crippen LogP contribution in [0.2, 0.25) is 0 Å². The second-order valence-electron chi connectivity index (χ2n) is 7.55. The third-order valence-corrected chi connectivity index (χ3v) is 5.60. The monoisotopic (exact) mass is 414 g/mol. The van der Waals surface area contributed by atoms with Crippen LogP contribution in [0.4, 0.5) is 10.2 Å². The van der Waals surface area contributed by atoms with Crippen LogP contribution in [0.15, 0.2) is 48.9 Å². The molecule has 2 aromatic carbocycles. The van der Waals surface area contributed by atoms with Gasteiger partial charge in [-0.25, -0.2) is 14.4 Å². The lowest BCUT2D eigenvalue weighted by atomic mass is 10.00. The Morgan fingerprint density at radius 2 is 2.06 bits per heavy atom. The van der Waals surface area contributed by atoms with Crippen molar-refractivity contribution in [1.82, 2.24) is 20.3 Å². The molecule has 0 bridgehead atoms. The average molecular weight is 414 g/mol. The van der Waals surface area contributed by atoms with E-state index in [1.165, 1.54) is 12.4 Å². The van der Waals surface area contributed by atoms with Crippen molar-refractivity contribution in [2.45, 2.75) is 12.5 Å². The number of aromatic hydroxyl groups is 1. The summed E-state index contributed by atoms with van der Waals surface area (Å²) in [4.78, 5) is 15.0. The van der Waals surface area contributed by atoms with E-state index in [0.29, 0.717) is 42.8 Å². The minimum atomic E-state index is -0.555. The van der Waals surface area contributed by atoms with Crippen LogP contribution in [0.25, 0.3) is 32.9 Å². The Balaban J connectivity index is 1.64. The standard InChI is InChI=1S/C23H19FN6O/c24-20-21(18-10-16(31)9-14-3-1-2-4-17(14)18)27-11-19-22(20)28-13-29-23(19)30-8-7-26-15(12-30)5-6-25/h1-4,9-11,13,15,26,31H,5,7-8,12H2/t15-/m0/s1. The van der Waals surface area contributed by atoms with E-state index < -0.39 is 5.82 Å². The number of phenols is 1. The number of fused-ring (bicyclic) bond motifs is 2. The molecule has 0 saturated carbocycles. The van der Waals surface area contributed by atoms with E-state index in [4.69, 9.17) is 5.26 Å². The van der Waals surface area contributed by atoms with Gasteiger partial charge < -0.3 is 15.3 Å². The molecular formula is C23H19FN6O. The van der Waals surface area contributed by atoms with Gasteiger partial charge in [-0.2, -0.15) is 5.26 Å². The predicted octanol–water partition coefficient (Wildman–Crippen LogP) is 3.38. The molecule has 8 heteroatoms. The van der Waals surface area contributed by atoms with E-state index in [2.05, 4.69) is 26.3 Å². The highest BCUT2D eigenvalue weighted by molar-refractivity contribution is 5.99. The second kappa shape index (κ2) is 7.78. The molecular weight excluding hydrogens is 395 g/mol. The molecule has 4 aromatic rings. The van der Waals surface area contributed by atoms with E-state index >= 15 is 4.39 Å². The van der Waals surface area contributed by atoms with Gasteiger partial charge in [-0.1, -0.05) is 24.3 Å². The molecule has 2 aromatic heterocycles. The highest BCUT2D eigenvalue weighted by Crippen LogP contribution is 2.35. The van der Waals surface area contributed by atoms with Crippen LogP contribution in [0.5, 0.6) is 5.75 Å². The second-order valence-corrected chi connectivity index (χ2v) is 7.55. The summed E-state index contributed by atoms with van der Waals surface area (Å²) < 4.78 is 15.7. The summed E-state index contributed by atoms with van der Waals surface area (Å²) in [6.07, 6.45) is 3.33. The van der Waals surface area contributed by atoms with Gasteiger partial charge in [0, 0.05) is 37.4 Å². The number of anilines is 1. The van der Waals surface area contributed by atoms with E-state index in [0.717, 1.165) is 10.8 Å². The van der Waals surface area contributed by atoms with Gasteiger partial charge in [-0.05, 0) is 22.9 Å². The van der Waals surface area contributed by atoms with Crippen LogP contribution in [-0.2, 0) is 0 Å². The van der Waals surface area contributed by atoms with Crippen molar-refractivity contribution < 1.29 is 9.50 Å². The summed E-state index contributed by atoms with van der Waals surface area (Å²) in [5.74, 6) is 0.0940. The molecule has 5 rings (SSSR count). The van der Waals surface area contributed by atoms with Crippen molar-refractivity contribution >= 4 is 27.5 Å². The zero-order valence-electron chi connectivity index (χ0n) is 16.6. The number of pyridine rings is 1. The number of phenolic OH excluding ortho intramolecular Hbond substituents is 1. The van der Waals surface area contributed by atoms with Crippen LogP contribution in [0, 0.1) is 17.1 Å². The van der Waals surface area contributed by atoms with E-state index in [-0.39, 0.29) is 23.0 Å². The average Bonchev–Trinajstić information content (AvgIpc) is 2.79. The molecule has 2 N–H and O–H groups in total. The Bertz CT molecular complexity index is 1340. The maximum absolute atomic E-state index is 15.7. The fraction of sp³-hybridized carbons (Fsp3) is 0.217. The Kier molecular flexibility index (Phi) is 4.81. The first-order valence-corrected chi connectivity index (χ1v) is 10.0. The zero-order chi connectivity index (χ0) is 21.4. The molecule has 3 heterocycles. The first-order valence-electron chi connectivity index (χ1n) is 10.0. The molecule has 1 saturated heterocycles. The van der Waals surface area contributed by atoms with Crippen LogP contribution in [0.1, 0.15) is 6.42 Å². The number of hydrogen-bond donors (Lipinski definition) is 2. The Morgan fingerprint density at radius 1 is 1.19 bits per heavy atom. The third-order valence-electron chi connectivity index (χ3n) is 5.60. The van der Waals surface area contributed by atoms with Crippen molar-refractivity contribution in [3.63, 3.8) is 0 Å². The first kappa shape index (κ1) is 19.2. The topological polar surface area (TPSA) is 98.0 Å². The lowest BCUT2D eigenvalue weighted by Gasteiger charge is -2.34.